The van der Waals surface area contributed by atoms with Crippen LogP contribution in [0, 0.1) is 5.92 Å². The normalized spacial score (nSPS) is 20.6. The average Bonchev–Trinajstić information content (AvgIpc) is 2.73. The summed E-state index contributed by atoms with van der Waals surface area (Å²) in [5.41, 5.74) is 5.01. The summed E-state index contributed by atoms with van der Waals surface area (Å²) in [7, 11) is 1.53. The molecule has 1 aliphatic heterocycles. The van der Waals surface area contributed by atoms with E-state index < -0.39 is 12.3 Å². The standard InChI is InChI=1S/C24H34N2O5/c1-5-6-7-8-17-12-20-23(19-11-15(2)9-10-18(19)16(3)30-20)21(13-17)31-22(14-29-4)25-24(27)26-28/h11-13,18-19,22,28H,3,5-10,14H2,1-2,4H3,(H2,25,26,27)/t18-,19+,22?/m0/s1. The highest BCUT2D eigenvalue weighted by molar-refractivity contribution is 5.72. The molecule has 0 spiro atoms. The minimum absolute atomic E-state index is 0.111. The molecule has 7 nitrogen and oxygen atoms in total. The third kappa shape index (κ3) is 5.60. The molecule has 170 valence electrons. The molecule has 0 bridgehead atoms. The van der Waals surface area contributed by atoms with Crippen LogP contribution in [0.3, 0.4) is 0 Å². The number of aryl methyl sites for hydroxylation is 1. The zero-order valence-corrected chi connectivity index (χ0v) is 18.7. The molecule has 3 atom stereocenters. The summed E-state index contributed by atoms with van der Waals surface area (Å²) in [4.78, 5) is 11.7. The Labute approximate surface area is 184 Å². The van der Waals surface area contributed by atoms with Gasteiger partial charge in [-0.2, -0.15) is 0 Å². The van der Waals surface area contributed by atoms with Gasteiger partial charge in [-0.1, -0.05) is 38.0 Å². The van der Waals surface area contributed by atoms with Gasteiger partial charge in [-0.05, 0) is 50.3 Å². The second kappa shape index (κ2) is 10.7. The lowest BCUT2D eigenvalue weighted by Gasteiger charge is -2.38. The number of hydrogen-bond acceptors (Lipinski definition) is 5. The molecule has 2 aliphatic rings. The maximum atomic E-state index is 11.7. The third-order valence-electron chi connectivity index (χ3n) is 5.95. The molecule has 0 fully saturated rings. The number of ether oxygens (including phenoxy) is 3. The lowest BCUT2D eigenvalue weighted by Crippen LogP contribution is -2.46. The molecule has 0 radical (unpaired) electrons. The van der Waals surface area contributed by atoms with Crippen molar-refractivity contribution in [2.45, 2.75) is 64.5 Å². The lowest BCUT2D eigenvalue weighted by molar-refractivity contribution is 0.0584. The van der Waals surface area contributed by atoms with Crippen LogP contribution in [0.4, 0.5) is 4.79 Å². The molecular formula is C24H34N2O5. The first-order valence-corrected chi connectivity index (χ1v) is 11.0. The quantitative estimate of drug-likeness (QED) is 0.172. The highest BCUT2D eigenvalue weighted by atomic mass is 16.5. The van der Waals surface area contributed by atoms with Gasteiger partial charge in [0, 0.05) is 24.5 Å². The van der Waals surface area contributed by atoms with Crippen LogP contribution in [0.1, 0.15) is 63.0 Å². The molecule has 1 unspecified atom stereocenters. The summed E-state index contributed by atoms with van der Waals surface area (Å²) in [5.74, 6) is 2.53. The summed E-state index contributed by atoms with van der Waals surface area (Å²) >= 11 is 0. The Kier molecular flexibility index (Phi) is 7.98. The van der Waals surface area contributed by atoms with Gasteiger partial charge in [0.25, 0.3) is 0 Å². The smallest absolute Gasteiger partial charge is 0.341 e. The largest absolute Gasteiger partial charge is 0.468 e. The van der Waals surface area contributed by atoms with Gasteiger partial charge in [0.15, 0.2) is 6.23 Å². The SMILES string of the molecule is C=C1Oc2cc(CCCCC)cc(OC(COC)NC(=O)NO)c2[C@@H]2C=C(C)CC[C@@H]12. The fourth-order valence-corrected chi connectivity index (χ4v) is 4.41. The van der Waals surface area contributed by atoms with Gasteiger partial charge in [-0.25, -0.2) is 10.3 Å². The molecule has 1 aliphatic carbocycles. The number of allylic oxidation sites excluding steroid dienone is 3. The summed E-state index contributed by atoms with van der Waals surface area (Å²) in [6, 6.07) is 3.38. The van der Waals surface area contributed by atoms with Crippen LogP contribution in [0.25, 0.3) is 0 Å². The number of amides is 2. The Morgan fingerprint density at radius 1 is 1.39 bits per heavy atom. The van der Waals surface area contributed by atoms with E-state index in [4.69, 9.17) is 19.4 Å². The molecule has 1 heterocycles. The summed E-state index contributed by atoms with van der Waals surface area (Å²) in [6.07, 6.45) is 7.80. The predicted octanol–water partition coefficient (Wildman–Crippen LogP) is 4.81. The number of urea groups is 1. The number of unbranched alkanes of at least 4 members (excludes halogenated alkanes) is 2. The van der Waals surface area contributed by atoms with Gasteiger partial charge < -0.3 is 14.2 Å². The Bertz CT molecular complexity index is 836. The van der Waals surface area contributed by atoms with E-state index in [1.807, 2.05) is 6.07 Å². The molecule has 7 heteroatoms. The van der Waals surface area contributed by atoms with Gasteiger partial charge in [0.2, 0.25) is 0 Å². The molecule has 2 amide bonds. The van der Waals surface area contributed by atoms with Gasteiger partial charge in [-0.15, -0.1) is 0 Å². The first kappa shape index (κ1) is 23.2. The Morgan fingerprint density at radius 2 is 2.19 bits per heavy atom. The zero-order valence-electron chi connectivity index (χ0n) is 18.7. The molecule has 31 heavy (non-hydrogen) atoms. The van der Waals surface area contributed by atoms with Crippen molar-refractivity contribution in [3.63, 3.8) is 0 Å². The van der Waals surface area contributed by atoms with E-state index in [1.54, 1.807) is 5.48 Å². The highest BCUT2D eigenvalue weighted by Gasteiger charge is 2.37. The van der Waals surface area contributed by atoms with Crippen molar-refractivity contribution in [1.29, 1.82) is 0 Å². The lowest BCUT2D eigenvalue weighted by atomic mass is 9.74. The van der Waals surface area contributed by atoms with E-state index in [0.29, 0.717) is 5.75 Å². The van der Waals surface area contributed by atoms with E-state index in [0.717, 1.165) is 61.2 Å². The molecule has 0 saturated carbocycles. The summed E-state index contributed by atoms with van der Waals surface area (Å²) < 4.78 is 17.6. The van der Waals surface area contributed by atoms with E-state index in [1.165, 1.54) is 12.7 Å². The number of hydroxylamine groups is 1. The number of methoxy groups -OCH3 is 1. The van der Waals surface area contributed by atoms with Crippen molar-refractivity contribution >= 4 is 6.03 Å². The van der Waals surface area contributed by atoms with E-state index in [9.17, 15) is 4.79 Å². The Morgan fingerprint density at radius 3 is 2.90 bits per heavy atom. The van der Waals surface area contributed by atoms with Gasteiger partial charge in [-0.3, -0.25) is 10.5 Å². The number of carbonyl (C=O) groups is 1. The predicted molar refractivity (Wildman–Crippen MR) is 118 cm³/mol. The number of carbonyl (C=O) groups excluding carboxylic acids is 1. The molecule has 3 rings (SSSR count). The molecule has 1 aromatic rings. The molecule has 0 saturated heterocycles. The monoisotopic (exact) mass is 430 g/mol. The number of nitrogens with one attached hydrogen (secondary N) is 2. The van der Waals surface area contributed by atoms with Crippen LogP contribution >= 0.6 is 0 Å². The minimum atomic E-state index is -0.774. The topological polar surface area (TPSA) is 89.0 Å². The van der Waals surface area contributed by atoms with Crippen molar-refractivity contribution in [2.24, 2.45) is 5.92 Å². The average molecular weight is 431 g/mol. The second-order valence-electron chi connectivity index (χ2n) is 8.36. The summed E-state index contributed by atoms with van der Waals surface area (Å²) in [6.45, 7) is 8.64. The van der Waals surface area contributed by atoms with Crippen molar-refractivity contribution < 1.29 is 24.2 Å². The summed E-state index contributed by atoms with van der Waals surface area (Å²) in [5, 5.41) is 11.5. The van der Waals surface area contributed by atoms with Crippen LogP contribution in [-0.4, -0.2) is 31.2 Å². The van der Waals surface area contributed by atoms with E-state index >= 15 is 0 Å². The van der Waals surface area contributed by atoms with Crippen molar-refractivity contribution in [2.75, 3.05) is 13.7 Å². The van der Waals surface area contributed by atoms with E-state index in [2.05, 4.69) is 37.9 Å². The number of hydrogen-bond donors (Lipinski definition) is 3. The second-order valence-corrected chi connectivity index (χ2v) is 8.36. The Balaban J connectivity index is 2.01. The van der Waals surface area contributed by atoms with Crippen LogP contribution in [-0.2, 0) is 11.2 Å². The fraction of sp³-hybridized carbons (Fsp3) is 0.542. The zero-order chi connectivity index (χ0) is 22.4. The van der Waals surface area contributed by atoms with Crippen LogP contribution < -0.4 is 20.3 Å². The first-order chi connectivity index (χ1) is 15.0. The van der Waals surface area contributed by atoms with Gasteiger partial charge in [0.05, 0.1) is 0 Å². The van der Waals surface area contributed by atoms with Crippen molar-refractivity contribution in [3.05, 3.63) is 47.2 Å². The number of benzene rings is 1. The maximum absolute atomic E-state index is 11.7. The van der Waals surface area contributed by atoms with E-state index in [-0.39, 0.29) is 18.4 Å². The van der Waals surface area contributed by atoms with Crippen molar-refractivity contribution in [3.8, 4) is 11.5 Å². The highest BCUT2D eigenvalue weighted by Crippen LogP contribution is 2.51. The third-order valence-corrected chi connectivity index (χ3v) is 5.95. The number of fused-ring (bicyclic) bond motifs is 3. The Hall–Kier alpha value is -2.51. The molecule has 0 aromatic heterocycles. The molecular weight excluding hydrogens is 396 g/mol. The van der Waals surface area contributed by atoms with Crippen LogP contribution in [0.2, 0.25) is 0 Å². The van der Waals surface area contributed by atoms with Gasteiger partial charge in [0.1, 0.15) is 23.9 Å². The fourth-order valence-electron chi connectivity index (χ4n) is 4.41. The minimum Gasteiger partial charge on any atom is -0.468 e. The molecule has 1 aromatic carbocycles. The molecule has 3 N–H and O–H groups in total. The maximum Gasteiger partial charge on any atom is 0.341 e. The van der Waals surface area contributed by atoms with Crippen LogP contribution in [0.5, 0.6) is 11.5 Å². The number of rotatable bonds is 9. The van der Waals surface area contributed by atoms with Gasteiger partial charge >= 0.3 is 6.03 Å². The first-order valence-electron chi connectivity index (χ1n) is 11.0. The van der Waals surface area contributed by atoms with Crippen LogP contribution in [0.15, 0.2) is 36.1 Å². The van der Waals surface area contributed by atoms with Crippen molar-refractivity contribution in [1.82, 2.24) is 10.8 Å².